The highest BCUT2D eigenvalue weighted by Crippen LogP contribution is 2.45. The van der Waals surface area contributed by atoms with Crippen LogP contribution in [0.5, 0.6) is 5.88 Å². The van der Waals surface area contributed by atoms with Crippen LogP contribution >= 0.6 is 0 Å². The van der Waals surface area contributed by atoms with Crippen molar-refractivity contribution in [1.29, 1.82) is 0 Å². The summed E-state index contributed by atoms with van der Waals surface area (Å²) in [4.78, 5) is 48.9. The molecule has 0 radical (unpaired) electrons. The van der Waals surface area contributed by atoms with E-state index in [0.717, 1.165) is 37.6 Å². The number of hydrogen-bond donors (Lipinski definition) is 1. The van der Waals surface area contributed by atoms with Crippen molar-refractivity contribution in [3.05, 3.63) is 81.4 Å². The third kappa shape index (κ3) is 5.16. The Morgan fingerprint density at radius 1 is 1.09 bits per heavy atom. The lowest BCUT2D eigenvalue weighted by molar-refractivity contribution is -0.140. The maximum Gasteiger partial charge on any atom is 0.434 e. The number of methoxy groups -OCH3 is 1. The first kappa shape index (κ1) is 29.6. The van der Waals surface area contributed by atoms with Crippen molar-refractivity contribution in [3.8, 4) is 28.7 Å². The molecule has 2 aliphatic rings. The first-order chi connectivity index (χ1) is 22.1. The molecule has 0 spiro atoms. The van der Waals surface area contributed by atoms with Crippen molar-refractivity contribution in [1.82, 2.24) is 39.4 Å². The SMILES string of the molecule is CNC(=O)c1c(C)c2cnc(-c3c(OC)ncnc3C3CC3)nc2n(Cc2ccc(-c3nc(C(F)(F)F)cn3C3CC3)cc2)c1=O.[HH]. The fourth-order valence-electron chi connectivity index (χ4n) is 5.76. The highest BCUT2D eigenvalue weighted by Gasteiger charge is 2.37. The lowest BCUT2D eigenvalue weighted by Crippen LogP contribution is -2.33. The second-order valence-corrected chi connectivity index (χ2v) is 11.6. The molecule has 238 valence electrons. The molecule has 0 bridgehead atoms. The molecule has 2 fully saturated rings. The minimum atomic E-state index is -4.55. The van der Waals surface area contributed by atoms with E-state index in [9.17, 15) is 22.8 Å². The van der Waals surface area contributed by atoms with Gasteiger partial charge in [0, 0.05) is 43.8 Å². The number of ether oxygens (including phenoxy) is 1. The Morgan fingerprint density at radius 3 is 2.46 bits per heavy atom. The number of carbonyl (C=O) groups excluding carboxylic acids is 1. The topological polar surface area (TPSA) is 130 Å². The summed E-state index contributed by atoms with van der Waals surface area (Å²) in [5.41, 5.74) is 1.73. The first-order valence-corrected chi connectivity index (χ1v) is 14.9. The number of aryl methyl sites for hydroxylation is 1. The van der Waals surface area contributed by atoms with Crippen molar-refractivity contribution in [2.24, 2.45) is 0 Å². The van der Waals surface area contributed by atoms with Crippen molar-refractivity contribution >= 4 is 16.9 Å². The van der Waals surface area contributed by atoms with Crippen LogP contribution in [0.25, 0.3) is 33.8 Å². The zero-order chi connectivity index (χ0) is 32.3. The van der Waals surface area contributed by atoms with Crippen molar-refractivity contribution in [2.45, 2.75) is 57.3 Å². The molecule has 0 unspecified atom stereocenters. The normalized spacial score (nSPS) is 14.9. The number of amides is 1. The summed E-state index contributed by atoms with van der Waals surface area (Å²) in [7, 11) is 2.95. The molecule has 5 aromatic rings. The van der Waals surface area contributed by atoms with Crippen LogP contribution in [0.2, 0.25) is 0 Å². The maximum absolute atomic E-state index is 13.9. The zero-order valence-electron chi connectivity index (χ0n) is 25.2. The standard InChI is InChI=1S/C32H29F3N8O3.H2/c1-16-21-12-37-26(24-25(18-8-9-18)38-15-39-30(24)46-3)41-28(21)43(31(45)23(16)29(44)36-2)13-17-4-6-19(7-5-17)27-40-22(32(33,34)35)14-42(27)20-10-11-20;/h4-7,12,14-15,18,20H,8-11,13H2,1-3H3,(H,36,44);1H. The van der Waals surface area contributed by atoms with Gasteiger partial charge in [-0.15, -0.1) is 0 Å². The summed E-state index contributed by atoms with van der Waals surface area (Å²) in [5.74, 6) is 0.530. The molecule has 11 nitrogen and oxygen atoms in total. The molecule has 1 amide bonds. The average molecular weight is 633 g/mol. The molecule has 0 saturated heterocycles. The average Bonchev–Trinajstić information content (AvgIpc) is 4.00. The zero-order valence-corrected chi connectivity index (χ0v) is 25.2. The molecular formula is C32H31F3N8O3. The Morgan fingerprint density at radius 2 is 1.83 bits per heavy atom. The van der Waals surface area contributed by atoms with E-state index in [1.54, 1.807) is 42.0 Å². The van der Waals surface area contributed by atoms with Gasteiger partial charge >= 0.3 is 6.18 Å². The second-order valence-electron chi connectivity index (χ2n) is 11.6. The van der Waals surface area contributed by atoms with Gasteiger partial charge in [0.25, 0.3) is 11.5 Å². The predicted molar refractivity (Wildman–Crippen MR) is 164 cm³/mol. The van der Waals surface area contributed by atoms with Crippen LogP contribution in [0.1, 0.15) is 71.9 Å². The summed E-state index contributed by atoms with van der Waals surface area (Å²) in [6.45, 7) is 1.70. The molecule has 4 aromatic heterocycles. The van der Waals surface area contributed by atoms with Gasteiger partial charge in [-0.2, -0.15) is 13.2 Å². The van der Waals surface area contributed by atoms with E-state index >= 15 is 0 Å². The van der Waals surface area contributed by atoms with Crippen LogP contribution in [0, 0.1) is 6.92 Å². The van der Waals surface area contributed by atoms with Gasteiger partial charge in [-0.25, -0.2) is 24.9 Å². The van der Waals surface area contributed by atoms with Crippen molar-refractivity contribution in [2.75, 3.05) is 14.2 Å². The molecule has 7 rings (SSSR count). The van der Waals surface area contributed by atoms with Gasteiger partial charge in [-0.1, -0.05) is 24.3 Å². The van der Waals surface area contributed by atoms with E-state index < -0.39 is 23.3 Å². The molecule has 4 heterocycles. The molecular weight excluding hydrogens is 601 g/mol. The number of carbonyl (C=O) groups is 1. The lowest BCUT2D eigenvalue weighted by Gasteiger charge is -2.17. The van der Waals surface area contributed by atoms with E-state index in [-0.39, 0.29) is 37.1 Å². The highest BCUT2D eigenvalue weighted by molar-refractivity contribution is 5.99. The Balaban J connectivity index is 0.00000386. The van der Waals surface area contributed by atoms with E-state index in [1.165, 1.54) is 25.1 Å². The number of rotatable bonds is 8. The molecule has 46 heavy (non-hydrogen) atoms. The quantitative estimate of drug-likeness (QED) is 0.244. The van der Waals surface area contributed by atoms with E-state index in [4.69, 9.17) is 9.72 Å². The van der Waals surface area contributed by atoms with Crippen LogP contribution in [0.15, 0.2) is 47.8 Å². The predicted octanol–water partition coefficient (Wildman–Crippen LogP) is 5.31. The number of aromatic nitrogens is 7. The maximum atomic E-state index is 13.9. The minimum absolute atomic E-state index is 0. The number of fused-ring (bicyclic) bond motifs is 1. The third-order valence-electron chi connectivity index (χ3n) is 8.46. The highest BCUT2D eigenvalue weighted by atomic mass is 19.4. The molecule has 1 N–H and O–H groups in total. The number of alkyl halides is 3. The van der Waals surface area contributed by atoms with Crippen molar-refractivity contribution < 1.29 is 24.1 Å². The second kappa shape index (κ2) is 11.0. The molecule has 2 aliphatic carbocycles. The summed E-state index contributed by atoms with van der Waals surface area (Å²) in [6.07, 6.45) is 3.06. The summed E-state index contributed by atoms with van der Waals surface area (Å²) in [5, 5.41) is 3.05. The Labute approximate surface area is 262 Å². The first-order valence-electron chi connectivity index (χ1n) is 14.9. The summed E-state index contributed by atoms with van der Waals surface area (Å²) < 4.78 is 49.0. The number of halogens is 3. The fourth-order valence-corrected chi connectivity index (χ4v) is 5.76. The Kier molecular flexibility index (Phi) is 7.09. The number of nitrogens with one attached hydrogen (secondary N) is 1. The van der Waals surface area contributed by atoms with Gasteiger partial charge in [-0.05, 0) is 43.7 Å². The van der Waals surface area contributed by atoms with Gasteiger partial charge in [0.05, 0.1) is 19.3 Å². The lowest BCUT2D eigenvalue weighted by atomic mass is 10.1. The molecule has 1 aromatic carbocycles. The van der Waals surface area contributed by atoms with Crippen molar-refractivity contribution in [3.63, 3.8) is 0 Å². The number of imidazole rings is 1. The molecule has 2 saturated carbocycles. The van der Waals surface area contributed by atoms with Crippen LogP contribution in [-0.2, 0) is 12.7 Å². The van der Waals surface area contributed by atoms with E-state index in [0.29, 0.717) is 39.2 Å². The third-order valence-corrected chi connectivity index (χ3v) is 8.46. The molecule has 0 atom stereocenters. The van der Waals surface area contributed by atoms with Crippen LogP contribution in [0.3, 0.4) is 0 Å². The Hall–Kier alpha value is -5.14. The van der Waals surface area contributed by atoms with E-state index in [2.05, 4.69) is 25.3 Å². The van der Waals surface area contributed by atoms with E-state index in [1.807, 2.05) is 0 Å². The largest absolute Gasteiger partial charge is 0.480 e. The van der Waals surface area contributed by atoms with Crippen LogP contribution in [-0.4, -0.2) is 54.1 Å². The van der Waals surface area contributed by atoms with Gasteiger partial charge in [0.15, 0.2) is 11.5 Å². The summed E-state index contributed by atoms with van der Waals surface area (Å²) >= 11 is 0. The van der Waals surface area contributed by atoms with Crippen LogP contribution < -0.4 is 15.6 Å². The molecule has 0 aliphatic heterocycles. The number of nitrogens with zero attached hydrogens (tertiary/aromatic N) is 7. The van der Waals surface area contributed by atoms with Crippen LogP contribution in [0.4, 0.5) is 13.2 Å². The fraction of sp³-hybridized carbons (Fsp3) is 0.344. The van der Waals surface area contributed by atoms with Gasteiger partial charge in [0.1, 0.15) is 28.9 Å². The Bertz CT molecular complexity index is 2070. The number of hydrogen-bond acceptors (Lipinski definition) is 8. The van der Waals surface area contributed by atoms with Gasteiger partial charge in [0.2, 0.25) is 5.88 Å². The molecule has 14 heteroatoms. The smallest absolute Gasteiger partial charge is 0.434 e. The number of pyridine rings is 1. The van der Waals surface area contributed by atoms with Gasteiger partial charge < -0.3 is 14.6 Å². The van der Waals surface area contributed by atoms with Gasteiger partial charge in [-0.3, -0.25) is 14.2 Å². The summed E-state index contributed by atoms with van der Waals surface area (Å²) in [6, 6.07) is 6.82. The minimum Gasteiger partial charge on any atom is -0.480 e. The monoisotopic (exact) mass is 632 g/mol. The number of benzene rings is 1.